The summed E-state index contributed by atoms with van der Waals surface area (Å²) < 4.78 is 7.24. The van der Waals surface area contributed by atoms with Crippen molar-refractivity contribution in [2.75, 3.05) is 13.1 Å². The fourth-order valence-electron chi connectivity index (χ4n) is 2.58. The van der Waals surface area contributed by atoms with Gasteiger partial charge < -0.3 is 10.2 Å². The Hall–Kier alpha value is -2.15. The van der Waals surface area contributed by atoms with Crippen molar-refractivity contribution in [1.82, 2.24) is 19.7 Å². The number of likely N-dealkylation sites (tertiary alicyclic amines) is 1. The van der Waals surface area contributed by atoms with Gasteiger partial charge in [0.1, 0.15) is 5.76 Å². The number of amides is 1. The summed E-state index contributed by atoms with van der Waals surface area (Å²) in [6.45, 7) is 6.73. The molecule has 3 heterocycles. The third-order valence-corrected chi connectivity index (χ3v) is 3.77. The topological polar surface area (TPSA) is 90.2 Å². The summed E-state index contributed by atoms with van der Waals surface area (Å²) in [4.78, 5) is 17.6. The molecule has 0 saturated carbocycles. The Kier molecular flexibility index (Phi) is 3.50. The molecule has 7 nitrogen and oxygen atoms in total. The summed E-state index contributed by atoms with van der Waals surface area (Å²) >= 11 is 0. The molecule has 7 heteroatoms. The van der Waals surface area contributed by atoms with Gasteiger partial charge in [0, 0.05) is 31.7 Å². The van der Waals surface area contributed by atoms with Crippen LogP contribution in [0.5, 0.6) is 0 Å². The van der Waals surface area contributed by atoms with Crippen LogP contribution in [0.1, 0.15) is 47.6 Å². The molecule has 21 heavy (non-hydrogen) atoms. The van der Waals surface area contributed by atoms with Gasteiger partial charge in [-0.05, 0) is 0 Å². The van der Waals surface area contributed by atoms with E-state index in [1.54, 1.807) is 6.20 Å². The van der Waals surface area contributed by atoms with E-state index < -0.39 is 5.91 Å². The van der Waals surface area contributed by atoms with Gasteiger partial charge in [-0.2, -0.15) is 5.10 Å². The van der Waals surface area contributed by atoms with Gasteiger partial charge >= 0.3 is 0 Å². The zero-order valence-electron chi connectivity index (χ0n) is 12.2. The van der Waals surface area contributed by atoms with Crippen molar-refractivity contribution in [3.8, 4) is 0 Å². The lowest BCUT2D eigenvalue weighted by atomic mass is 10.1. The molecule has 1 aliphatic rings. The lowest BCUT2D eigenvalue weighted by Crippen LogP contribution is -2.47. The van der Waals surface area contributed by atoms with Crippen molar-refractivity contribution in [3.63, 3.8) is 0 Å². The fraction of sp³-hybridized carbons (Fsp3) is 0.500. The molecule has 1 saturated heterocycles. The van der Waals surface area contributed by atoms with E-state index >= 15 is 0 Å². The molecule has 112 valence electrons. The van der Waals surface area contributed by atoms with Crippen molar-refractivity contribution in [2.45, 2.75) is 32.4 Å². The number of primary amides is 1. The summed E-state index contributed by atoms with van der Waals surface area (Å²) in [6.07, 6.45) is 4.73. The van der Waals surface area contributed by atoms with Crippen molar-refractivity contribution >= 4 is 5.91 Å². The van der Waals surface area contributed by atoms with E-state index in [1.807, 2.05) is 4.68 Å². The Labute approximate surface area is 122 Å². The minimum atomic E-state index is -0.443. The monoisotopic (exact) mass is 289 g/mol. The van der Waals surface area contributed by atoms with Crippen LogP contribution >= 0.6 is 0 Å². The Morgan fingerprint density at radius 3 is 2.90 bits per heavy atom. The molecule has 1 amide bonds. The van der Waals surface area contributed by atoms with Crippen LogP contribution in [-0.4, -0.2) is 38.7 Å². The molecule has 3 rings (SSSR count). The summed E-state index contributed by atoms with van der Waals surface area (Å²) in [7, 11) is 0. The highest BCUT2D eigenvalue weighted by Crippen LogP contribution is 2.25. The number of carbonyl (C=O) groups is 1. The first kappa shape index (κ1) is 13.8. The van der Waals surface area contributed by atoms with Crippen LogP contribution in [-0.2, 0) is 6.54 Å². The van der Waals surface area contributed by atoms with Gasteiger partial charge in [-0.1, -0.05) is 13.8 Å². The molecule has 0 spiro atoms. The number of hydrogen-bond donors (Lipinski definition) is 1. The van der Waals surface area contributed by atoms with Crippen molar-refractivity contribution in [2.24, 2.45) is 5.73 Å². The number of carbonyl (C=O) groups excluding carboxylic acids is 1. The van der Waals surface area contributed by atoms with E-state index in [2.05, 4.69) is 28.8 Å². The fourth-order valence-corrected chi connectivity index (χ4v) is 2.58. The number of aromatic nitrogens is 3. The maximum Gasteiger partial charge on any atom is 0.251 e. The first-order valence-electron chi connectivity index (χ1n) is 7.03. The Balaban J connectivity index is 1.58. The molecule has 2 N–H and O–H groups in total. The molecule has 2 aromatic heterocycles. The second-order valence-corrected chi connectivity index (χ2v) is 5.74. The van der Waals surface area contributed by atoms with Crippen LogP contribution in [0.25, 0.3) is 0 Å². The average Bonchev–Trinajstić information content (AvgIpc) is 3.02. The Morgan fingerprint density at radius 1 is 1.52 bits per heavy atom. The summed E-state index contributed by atoms with van der Waals surface area (Å²) in [6, 6.07) is 0.285. The van der Waals surface area contributed by atoms with Crippen LogP contribution in [0.15, 0.2) is 23.2 Å². The molecule has 0 bridgehead atoms. The van der Waals surface area contributed by atoms with Crippen LogP contribution in [0.4, 0.5) is 0 Å². The van der Waals surface area contributed by atoms with Gasteiger partial charge in [0.2, 0.25) is 0 Å². The van der Waals surface area contributed by atoms with E-state index in [-0.39, 0.29) is 6.04 Å². The largest absolute Gasteiger partial charge is 0.448 e. The maximum atomic E-state index is 11.1. The normalized spacial score (nSPS) is 16.3. The molecule has 0 unspecified atom stereocenters. The quantitative estimate of drug-likeness (QED) is 0.891. The number of oxazole rings is 1. The summed E-state index contributed by atoms with van der Waals surface area (Å²) in [5, 5.41) is 4.19. The first-order valence-corrected chi connectivity index (χ1v) is 7.03. The average molecular weight is 289 g/mol. The molecule has 0 aliphatic carbocycles. The molecular weight excluding hydrogens is 270 g/mol. The highest BCUT2D eigenvalue weighted by molar-refractivity contribution is 5.92. The number of nitrogens with zero attached hydrogens (tertiary/aromatic N) is 4. The minimum absolute atomic E-state index is 0.285. The molecule has 0 aromatic carbocycles. The van der Waals surface area contributed by atoms with E-state index in [0.29, 0.717) is 11.5 Å². The molecule has 0 atom stereocenters. The van der Waals surface area contributed by atoms with E-state index in [4.69, 9.17) is 10.2 Å². The van der Waals surface area contributed by atoms with Gasteiger partial charge in [0.05, 0.1) is 23.5 Å². The van der Waals surface area contributed by atoms with Crippen molar-refractivity contribution < 1.29 is 9.21 Å². The lowest BCUT2D eigenvalue weighted by molar-refractivity contribution is 0.0887. The third kappa shape index (κ3) is 2.69. The smallest absolute Gasteiger partial charge is 0.251 e. The second-order valence-electron chi connectivity index (χ2n) is 5.74. The van der Waals surface area contributed by atoms with Crippen molar-refractivity contribution in [3.05, 3.63) is 35.8 Å². The predicted octanol–water partition coefficient (Wildman–Crippen LogP) is 1.15. The highest BCUT2D eigenvalue weighted by Gasteiger charge is 2.30. The van der Waals surface area contributed by atoms with Crippen LogP contribution in [0.2, 0.25) is 0 Å². The zero-order chi connectivity index (χ0) is 15.0. The van der Waals surface area contributed by atoms with E-state index in [1.165, 1.54) is 12.6 Å². The van der Waals surface area contributed by atoms with Crippen LogP contribution in [0, 0.1) is 0 Å². The minimum Gasteiger partial charge on any atom is -0.448 e. The molecular formula is C14H19N5O2. The molecule has 2 aromatic rings. The Bertz CT molecular complexity index is 639. The molecule has 1 fully saturated rings. The highest BCUT2D eigenvalue weighted by atomic mass is 16.3. The molecule has 0 radical (unpaired) electrons. The van der Waals surface area contributed by atoms with Gasteiger partial charge in [-0.3, -0.25) is 14.4 Å². The maximum absolute atomic E-state index is 11.1. The van der Waals surface area contributed by atoms with E-state index in [9.17, 15) is 4.79 Å². The second kappa shape index (κ2) is 5.33. The standard InChI is InChI=1S/C14H19N5O2/c1-9(2)13-12(16-8-21-13)7-18-5-11(6-18)19-4-10(3-17-19)14(15)20/h3-4,8-9,11H,5-7H2,1-2H3,(H2,15,20). The Morgan fingerprint density at radius 2 is 2.29 bits per heavy atom. The number of nitrogens with two attached hydrogens (primary N) is 1. The van der Waals surface area contributed by atoms with Crippen LogP contribution in [0.3, 0.4) is 0 Å². The number of rotatable bonds is 5. The van der Waals surface area contributed by atoms with Gasteiger partial charge in [-0.15, -0.1) is 0 Å². The molecule has 1 aliphatic heterocycles. The summed E-state index contributed by atoms with van der Waals surface area (Å²) in [5.41, 5.74) is 6.68. The first-order chi connectivity index (χ1) is 10.0. The lowest BCUT2D eigenvalue weighted by Gasteiger charge is -2.38. The van der Waals surface area contributed by atoms with Gasteiger partial charge in [-0.25, -0.2) is 4.98 Å². The summed E-state index contributed by atoms with van der Waals surface area (Å²) in [5.74, 6) is 0.846. The predicted molar refractivity (Wildman–Crippen MR) is 75.7 cm³/mol. The van der Waals surface area contributed by atoms with E-state index in [0.717, 1.165) is 31.1 Å². The van der Waals surface area contributed by atoms with Gasteiger partial charge in [0.15, 0.2) is 6.39 Å². The van der Waals surface area contributed by atoms with Crippen LogP contribution < -0.4 is 5.73 Å². The third-order valence-electron chi connectivity index (χ3n) is 3.77. The SMILES string of the molecule is CC(C)c1ocnc1CN1CC(n2cc(C(N)=O)cn2)C1. The van der Waals surface area contributed by atoms with Crippen molar-refractivity contribution in [1.29, 1.82) is 0 Å². The number of hydrogen-bond acceptors (Lipinski definition) is 5. The zero-order valence-corrected chi connectivity index (χ0v) is 12.2. The van der Waals surface area contributed by atoms with Gasteiger partial charge in [0.25, 0.3) is 5.91 Å².